The summed E-state index contributed by atoms with van der Waals surface area (Å²) < 4.78 is 5.09. The van der Waals surface area contributed by atoms with Crippen LogP contribution in [0.15, 0.2) is 30.5 Å². The van der Waals surface area contributed by atoms with Gasteiger partial charge in [-0.25, -0.2) is 4.79 Å². The number of benzene rings is 1. The summed E-state index contributed by atoms with van der Waals surface area (Å²) in [5.41, 5.74) is 3.01. The van der Waals surface area contributed by atoms with E-state index in [1.165, 1.54) is 6.20 Å². The molecule has 0 saturated heterocycles. The Morgan fingerprint density at radius 2 is 2.09 bits per heavy atom. The molecule has 6 heteroatoms. The zero-order chi connectivity index (χ0) is 16.1. The van der Waals surface area contributed by atoms with Crippen LogP contribution < -0.4 is 5.32 Å². The van der Waals surface area contributed by atoms with Crippen LogP contribution in [0.1, 0.15) is 40.1 Å². The Kier molecular flexibility index (Phi) is 4.93. The summed E-state index contributed by atoms with van der Waals surface area (Å²) >= 11 is 0. The van der Waals surface area contributed by atoms with Crippen LogP contribution in [0.4, 0.5) is 0 Å². The van der Waals surface area contributed by atoms with E-state index >= 15 is 0 Å². The number of carbonyl (C=O) groups is 2. The molecule has 22 heavy (non-hydrogen) atoms. The fourth-order valence-electron chi connectivity index (χ4n) is 2.17. The van der Waals surface area contributed by atoms with Crippen LogP contribution in [0.3, 0.4) is 0 Å². The van der Waals surface area contributed by atoms with Gasteiger partial charge in [0.2, 0.25) is 0 Å². The van der Waals surface area contributed by atoms with Crippen LogP contribution in [0.5, 0.6) is 0 Å². The summed E-state index contributed by atoms with van der Waals surface area (Å²) in [5.74, 6) is -0.888. The van der Waals surface area contributed by atoms with Gasteiger partial charge in [-0.05, 0) is 43.5 Å². The maximum atomic E-state index is 12.2. The van der Waals surface area contributed by atoms with Crippen LogP contribution in [0.25, 0.3) is 0 Å². The molecule has 116 valence electrons. The molecule has 1 aromatic carbocycles. The van der Waals surface area contributed by atoms with E-state index in [1.54, 1.807) is 13.0 Å². The molecule has 1 aromatic heterocycles. The molecular formula is C16H19N3O3. The van der Waals surface area contributed by atoms with Crippen molar-refractivity contribution in [1.82, 2.24) is 15.5 Å². The first-order valence-electron chi connectivity index (χ1n) is 7.07. The van der Waals surface area contributed by atoms with Crippen molar-refractivity contribution in [2.24, 2.45) is 0 Å². The SMILES string of the molecule is CCOC(=O)[C@H](NC(=O)c1ccn[nH]1)c1cccc(C)c1C. The number of esters is 1. The van der Waals surface area contributed by atoms with E-state index in [0.717, 1.165) is 16.7 Å². The summed E-state index contributed by atoms with van der Waals surface area (Å²) in [6.45, 7) is 5.85. The first-order chi connectivity index (χ1) is 10.5. The van der Waals surface area contributed by atoms with Gasteiger partial charge >= 0.3 is 5.97 Å². The van der Waals surface area contributed by atoms with Gasteiger partial charge in [0.1, 0.15) is 5.69 Å². The second-order valence-electron chi connectivity index (χ2n) is 4.92. The van der Waals surface area contributed by atoms with E-state index < -0.39 is 17.9 Å². The molecular weight excluding hydrogens is 282 g/mol. The Bertz CT molecular complexity index is 665. The third-order valence-electron chi connectivity index (χ3n) is 3.50. The lowest BCUT2D eigenvalue weighted by atomic mass is 9.97. The molecule has 1 heterocycles. The van der Waals surface area contributed by atoms with Gasteiger partial charge in [-0.15, -0.1) is 0 Å². The third kappa shape index (κ3) is 3.33. The van der Waals surface area contributed by atoms with Crippen molar-refractivity contribution in [2.45, 2.75) is 26.8 Å². The molecule has 1 amide bonds. The van der Waals surface area contributed by atoms with Gasteiger partial charge in [-0.2, -0.15) is 5.10 Å². The second kappa shape index (κ2) is 6.89. The molecule has 2 aromatic rings. The van der Waals surface area contributed by atoms with E-state index in [2.05, 4.69) is 15.5 Å². The molecule has 0 unspecified atom stereocenters. The van der Waals surface area contributed by atoms with Crippen molar-refractivity contribution < 1.29 is 14.3 Å². The molecule has 1 atom stereocenters. The number of amides is 1. The summed E-state index contributed by atoms with van der Waals surface area (Å²) in [7, 11) is 0. The van der Waals surface area contributed by atoms with Gasteiger partial charge in [0.15, 0.2) is 6.04 Å². The number of aryl methyl sites for hydroxylation is 1. The van der Waals surface area contributed by atoms with Gasteiger partial charge in [-0.1, -0.05) is 18.2 Å². The highest BCUT2D eigenvalue weighted by Crippen LogP contribution is 2.22. The monoisotopic (exact) mass is 301 g/mol. The maximum absolute atomic E-state index is 12.2. The van der Waals surface area contributed by atoms with Crippen LogP contribution in [-0.4, -0.2) is 28.7 Å². The summed E-state index contributed by atoms with van der Waals surface area (Å²) in [6, 6.07) is 6.32. The smallest absolute Gasteiger partial charge is 0.333 e. The third-order valence-corrected chi connectivity index (χ3v) is 3.50. The molecule has 0 radical (unpaired) electrons. The predicted octanol–water partition coefficient (Wildman–Crippen LogP) is 2.06. The summed E-state index contributed by atoms with van der Waals surface area (Å²) in [5, 5.41) is 9.01. The summed E-state index contributed by atoms with van der Waals surface area (Å²) in [4.78, 5) is 24.5. The maximum Gasteiger partial charge on any atom is 0.333 e. The zero-order valence-corrected chi connectivity index (χ0v) is 12.8. The Morgan fingerprint density at radius 3 is 2.73 bits per heavy atom. The lowest BCUT2D eigenvalue weighted by molar-refractivity contribution is -0.145. The van der Waals surface area contributed by atoms with Gasteiger partial charge in [0.05, 0.1) is 6.61 Å². The zero-order valence-electron chi connectivity index (χ0n) is 12.8. The highest BCUT2D eigenvalue weighted by molar-refractivity contribution is 5.95. The van der Waals surface area contributed by atoms with E-state index in [4.69, 9.17) is 4.74 Å². The van der Waals surface area contributed by atoms with Gasteiger partial charge in [-0.3, -0.25) is 9.89 Å². The number of nitrogens with zero attached hydrogens (tertiary/aromatic N) is 1. The van der Waals surface area contributed by atoms with Crippen molar-refractivity contribution >= 4 is 11.9 Å². The molecule has 0 aliphatic rings. The lowest BCUT2D eigenvalue weighted by Crippen LogP contribution is -2.35. The van der Waals surface area contributed by atoms with Crippen molar-refractivity contribution in [2.75, 3.05) is 6.61 Å². The number of rotatable bonds is 5. The second-order valence-corrected chi connectivity index (χ2v) is 4.92. The van der Waals surface area contributed by atoms with Crippen molar-refractivity contribution in [3.63, 3.8) is 0 Å². The quantitative estimate of drug-likeness (QED) is 0.828. The number of hydrogen-bond acceptors (Lipinski definition) is 4. The van der Waals surface area contributed by atoms with Crippen LogP contribution in [0.2, 0.25) is 0 Å². The molecule has 0 aliphatic carbocycles. The molecule has 0 saturated carbocycles. The topological polar surface area (TPSA) is 84.1 Å². The minimum Gasteiger partial charge on any atom is -0.464 e. The number of H-pyrrole nitrogens is 1. The van der Waals surface area contributed by atoms with Crippen molar-refractivity contribution in [3.8, 4) is 0 Å². The fraction of sp³-hybridized carbons (Fsp3) is 0.312. The number of aromatic amines is 1. The standard InChI is InChI=1S/C16H19N3O3/c1-4-22-16(21)14(12-7-5-6-10(2)11(12)3)18-15(20)13-8-9-17-19-13/h5-9,14H,4H2,1-3H3,(H,17,19)(H,18,20)/t14-/m1/s1. The molecule has 0 spiro atoms. The Balaban J connectivity index is 2.32. The highest BCUT2D eigenvalue weighted by Gasteiger charge is 2.26. The number of aromatic nitrogens is 2. The molecule has 0 fully saturated rings. The van der Waals surface area contributed by atoms with Gasteiger partial charge in [0, 0.05) is 6.20 Å². The average molecular weight is 301 g/mol. The largest absolute Gasteiger partial charge is 0.464 e. The van der Waals surface area contributed by atoms with Crippen LogP contribution in [0, 0.1) is 13.8 Å². The van der Waals surface area contributed by atoms with Crippen LogP contribution in [-0.2, 0) is 9.53 Å². The van der Waals surface area contributed by atoms with E-state index in [0.29, 0.717) is 5.69 Å². The average Bonchev–Trinajstić information content (AvgIpc) is 3.02. The predicted molar refractivity (Wildman–Crippen MR) is 81.3 cm³/mol. The van der Waals surface area contributed by atoms with E-state index in [-0.39, 0.29) is 6.61 Å². The fourth-order valence-corrected chi connectivity index (χ4v) is 2.17. The molecule has 2 N–H and O–H groups in total. The van der Waals surface area contributed by atoms with Gasteiger partial charge in [0.25, 0.3) is 5.91 Å². The first-order valence-corrected chi connectivity index (χ1v) is 7.07. The minimum absolute atomic E-state index is 0.250. The Morgan fingerprint density at radius 1 is 1.32 bits per heavy atom. The number of hydrogen-bond donors (Lipinski definition) is 2. The Labute approximate surface area is 128 Å². The Hall–Kier alpha value is -2.63. The first kappa shape index (κ1) is 15.8. The van der Waals surface area contributed by atoms with Gasteiger partial charge < -0.3 is 10.1 Å². The summed E-state index contributed by atoms with van der Waals surface area (Å²) in [6.07, 6.45) is 1.48. The van der Waals surface area contributed by atoms with Crippen molar-refractivity contribution in [3.05, 3.63) is 52.8 Å². The lowest BCUT2D eigenvalue weighted by Gasteiger charge is -2.20. The normalized spacial score (nSPS) is 11.8. The number of carbonyl (C=O) groups excluding carboxylic acids is 2. The minimum atomic E-state index is -0.851. The molecule has 0 aliphatic heterocycles. The van der Waals surface area contributed by atoms with Crippen LogP contribution >= 0.6 is 0 Å². The molecule has 2 rings (SSSR count). The highest BCUT2D eigenvalue weighted by atomic mass is 16.5. The molecule has 0 bridgehead atoms. The number of ether oxygens (including phenoxy) is 1. The van der Waals surface area contributed by atoms with E-state index in [1.807, 2.05) is 32.0 Å². The number of nitrogens with one attached hydrogen (secondary N) is 2. The van der Waals surface area contributed by atoms with Crippen molar-refractivity contribution in [1.29, 1.82) is 0 Å². The van der Waals surface area contributed by atoms with E-state index in [9.17, 15) is 9.59 Å². The molecule has 6 nitrogen and oxygen atoms in total.